The van der Waals surface area contributed by atoms with Gasteiger partial charge in [0, 0.05) is 37.8 Å². The van der Waals surface area contributed by atoms with Crippen LogP contribution in [0.5, 0.6) is 11.6 Å². The summed E-state index contributed by atoms with van der Waals surface area (Å²) in [4.78, 5) is 21.5. The number of nitrogens with zero attached hydrogens (tertiary/aromatic N) is 3. The van der Waals surface area contributed by atoms with Gasteiger partial charge in [0.1, 0.15) is 17.0 Å². The van der Waals surface area contributed by atoms with Crippen molar-refractivity contribution in [1.82, 2.24) is 15.2 Å². The summed E-state index contributed by atoms with van der Waals surface area (Å²) < 4.78 is 55.4. The van der Waals surface area contributed by atoms with Crippen LogP contribution in [0.2, 0.25) is 0 Å². The van der Waals surface area contributed by atoms with E-state index >= 15 is 4.39 Å². The third-order valence-corrected chi connectivity index (χ3v) is 9.65. The summed E-state index contributed by atoms with van der Waals surface area (Å²) in [7, 11) is -1.45. The highest BCUT2D eigenvalue weighted by Crippen LogP contribution is 2.51. The summed E-state index contributed by atoms with van der Waals surface area (Å²) in [6.45, 7) is 6.28. The third kappa shape index (κ3) is 5.18. The lowest BCUT2D eigenvalue weighted by Crippen LogP contribution is -2.45. The van der Waals surface area contributed by atoms with Crippen molar-refractivity contribution in [1.29, 1.82) is 0 Å². The Morgan fingerprint density at radius 3 is 2.46 bits per heavy atom. The number of benzene rings is 2. The van der Waals surface area contributed by atoms with Gasteiger partial charge in [-0.3, -0.25) is 4.79 Å². The first-order chi connectivity index (χ1) is 19.7. The van der Waals surface area contributed by atoms with E-state index in [2.05, 4.69) is 15.2 Å². The normalized spacial score (nSPS) is 19.3. The fourth-order valence-corrected chi connectivity index (χ4v) is 7.39. The van der Waals surface area contributed by atoms with E-state index in [-0.39, 0.29) is 34.1 Å². The Morgan fingerprint density at radius 1 is 1.02 bits per heavy atom. The zero-order valence-electron chi connectivity index (χ0n) is 23.5. The van der Waals surface area contributed by atoms with Crippen molar-refractivity contribution < 1.29 is 27.1 Å². The molecular weight excluding hydrogens is 547 g/mol. The summed E-state index contributed by atoms with van der Waals surface area (Å²) in [5, 5.41) is 3.34. The highest BCUT2D eigenvalue weighted by Gasteiger charge is 2.58. The number of sulfonamides is 1. The molecule has 2 aliphatic rings. The lowest BCUT2D eigenvalue weighted by atomic mass is 9.74. The van der Waals surface area contributed by atoms with Gasteiger partial charge in [-0.05, 0) is 62.2 Å². The molecule has 218 valence electrons. The van der Waals surface area contributed by atoms with E-state index in [4.69, 9.17) is 9.47 Å². The number of methoxy groups -OCH3 is 2. The number of unbranched alkanes of at least 4 members (excludes halogenated alkanes) is 1. The first-order valence-corrected chi connectivity index (χ1v) is 15.2. The molecule has 2 aliphatic heterocycles. The van der Waals surface area contributed by atoms with E-state index in [0.717, 1.165) is 43.4 Å². The second-order valence-electron chi connectivity index (χ2n) is 10.4. The number of rotatable bonds is 10. The van der Waals surface area contributed by atoms with Crippen LogP contribution in [-0.4, -0.2) is 71.2 Å². The number of aromatic nitrogens is 1. The number of ether oxygens (including phenoxy) is 2. The molecule has 9 nitrogen and oxygen atoms in total. The van der Waals surface area contributed by atoms with Gasteiger partial charge in [-0.15, -0.1) is 0 Å². The average molecular weight is 583 g/mol. The smallest absolute Gasteiger partial charge is 0.271 e. The maximum atomic E-state index is 15.6. The van der Waals surface area contributed by atoms with Gasteiger partial charge in [0.05, 0.1) is 30.5 Å². The van der Waals surface area contributed by atoms with E-state index in [0.29, 0.717) is 17.7 Å². The Bertz CT molecular complexity index is 1540. The molecule has 11 heteroatoms. The minimum atomic E-state index is -4.40. The first-order valence-electron chi connectivity index (χ1n) is 13.7. The third-order valence-electron chi connectivity index (χ3n) is 7.95. The number of hydrogen-bond donors (Lipinski definition) is 1. The van der Waals surface area contributed by atoms with Crippen LogP contribution in [0.4, 0.5) is 10.1 Å². The number of aryl methyl sites for hydroxylation is 1. The molecule has 1 N–H and O–H groups in total. The Hall–Kier alpha value is -3.54. The zero-order chi connectivity index (χ0) is 29.2. The number of hydrogen-bond acceptors (Lipinski definition) is 8. The molecule has 1 saturated heterocycles. The maximum absolute atomic E-state index is 15.6. The van der Waals surface area contributed by atoms with E-state index in [1.165, 1.54) is 44.6 Å². The van der Waals surface area contributed by atoms with Gasteiger partial charge in [0.2, 0.25) is 5.88 Å². The summed E-state index contributed by atoms with van der Waals surface area (Å²) in [5.74, 6) is -0.627. The van der Waals surface area contributed by atoms with Gasteiger partial charge in [-0.1, -0.05) is 24.6 Å². The van der Waals surface area contributed by atoms with Crippen molar-refractivity contribution in [2.45, 2.75) is 36.5 Å². The molecule has 1 amide bonds. The standard InChI is InChI=1S/C30H35FN4O5S/c1-21-20-22(10-12-26(21)39-2)41(37,38)35-25-11-13-27(40-3)33-28(25)30(29(35)36,23-8-4-5-9-24(23)31)14-6-7-17-34-18-15-32-16-19-34/h4-5,8-13,20,32H,6-7,14-19H2,1-3H3. The van der Waals surface area contributed by atoms with Crippen LogP contribution in [0.15, 0.2) is 59.5 Å². The van der Waals surface area contributed by atoms with Crippen LogP contribution in [0.25, 0.3) is 0 Å². The molecule has 0 aliphatic carbocycles. The molecule has 0 bridgehead atoms. The second kappa shape index (κ2) is 11.8. The lowest BCUT2D eigenvalue weighted by Gasteiger charge is -2.30. The minimum absolute atomic E-state index is 0.0750. The van der Waals surface area contributed by atoms with Crippen LogP contribution >= 0.6 is 0 Å². The van der Waals surface area contributed by atoms with E-state index in [1.54, 1.807) is 31.2 Å². The van der Waals surface area contributed by atoms with Gasteiger partial charge in [0.15, 0.2) is 0 Å². The van der Waals surface area contributed by atoms with Crippen LogP contribution in [0.3, 0.4) is 0 Å². The Kier molecular flexibility index (Phi) is 8.30. The van der Waals surface area contributed by atoms with Crippen molar-refractivity contribution >= 4 is 21.6 Å². The molecule has 2 aromatic carbocycles. The Morgan fingerprint density at radius 2 is 1.78 bits per heavy atom. The number of piperazine rings is 1. The highest BCUT2D eigenvalue weighted by atomic mass is 32.2. The molecule has 1 unspecified atom stereocenters. The van der Waals surface area contributed by atoms with Gasteiger partial charge in [0.25, 0.3) is 15.9 Å². The molecule has 1 aromatic heterocycles. The van der Waals surface area contributed by atoms with Gasteiger partial charge in [-0.25, -0.2) is 17.8 Å². The van der Waals surface area contributed by atoms with Crippen LogP contribution in [0.1, 0.15) is 36.1 Å². The molecule has 3 aromatic rings. The largest absolute Gasteiger partial charge is 0.496 e. The number of carbonyl (C=O) groups excluding carboxylic acids is 1. The molecule has 0 radical (unpaired) electrons. The Labute approximate surface area is 240 Å². The number of halogens is 1. The summed E-state index contributed by atoms with van der Waals surface area (Å²) in [6, 6.07) is 13.5. The SMILES string of the molecule is COc1ccc2c(n1)C(CCCCN1CCNCC1)(c1ccccc1F)C(=O)N2S(=O)(=O)c1ccc(OC)c(C)c1. The number of carbonyl (C=O) groups is 1. The number of nitrogens with one attached hydrogen (secondary N) is 1. The van der Waals surface area contributed by atoms with E-state index in [9.17, 15) is 13.2 Å². The number of amides is 1. The van der Waals surface area contributed by atoms with Gasteiger partial charge in [-0.2, -0.15) is 4.31 Å². The number of anilines is 1. The fourth-order valence-electron chi connectivity index (χ4n) is 5.84. The van der Waals surface area contributed by atoms with Crippen molar-refractivity contribution in [3.05, 3.63) is 77.2 Å². The van der Waals surface area contributed by atoms with Crippen LogP contribution in [-0.2, 0) is 20.2 Å². The van der Waals surface area contributed by atoms with Gasteiger partial charge >= 0.3 is 0 Å². The van der Waals surface area contributed by atoms with Crippen molar-refractivity contribution in [3.63, 3.8) is 0 Å². The van der Waals surface area contributed by atoms with E-state index < -0.39 is 27.2 Å². The Balaban J connectivity index is 1.62. The maximum Gasteiger partial charge on any atom is 0.271 e. The summed E-state index contributed by atoms with van der Waals surface area (Å²) >= 11 is 0. The number of pyridine rings is 1. The van der Waals surface area contributed by atoms with Crippen molar-refractivity contribution in [3.8, 4) is 11.6 Å². The van der Waals surface area contributed by atoms with E-state index in [1.807, 2.05) is 0 Å². The quantitative estimate of drug-likeness (QED) is 0.362. The minimum Gasteiger partial charge on any atom is -0.496 e. The highest BCUT2D eigenvalue weighted by molar-refractivity contribution is 7.93. The molecule has 1 atom stereocenters. The molecular formula is C30H35FN4O5S. The fraction of sp³-hybridized carbons (Fsp3) is 0.400. The zero-order valence-corrected chi connectivity index (χ0v) is 24.3. The molecule has 5 rings (SSSR count). The molecule has 0 saturated carbocycles. The predicted molar refractivity (Wildman–Crippen MR) is 154 cm³/mol. The van der Waals surface area contributed by atoms with Gasteiger partial charge < -0.3 is 19.7 Å². The lowest BCUT2D eigenvalue weighted by molar-refractivity contribution is -0.121. The topological polar surface area (TPSA) is 101 Å². The molecule has 1 fully saturated rings. The summed E-state index contributed by atoms with van der Waals surface area (Å²) in [5.41, 5.74) is -0.704. The molecule has 41 heavy (non-hydrogen) atoms. The monoisotopic (exact) mass is 582 g/mol. The van der Waals surface area contributed by atoms with Crippen LogP contribution in [0, 0.1) is 12.7 Å². The molecule has 0 spiro atoms. The van der Waals surface area contributed by atoms with Crippen molar-refractivity contribution in [2.24, 2.45) is 0 Å². The van der Waals surface area contributed by atoms with Crippen LogP contribution < -0.4 is 19.1 Å². The second-order valence-corrected chi connectivity index (χ2v) is 12.1. The summed E-state index contributed by atoms with van der Waals surface area (Å²) in [6.07, 6.45) is 1.49. The number of fused-ring (bicyclic) bond motifs is 1. The first kappa shape index (κ1) is 29.0. The van der Waals surface area contributed by atoms with Crippen molar-refractivity contribution in [2.75, 3.05) is 51.2 Å². The molecule has 3 heterocycles. The predicted octanol–water partition coefficient (Wildman–Crippen LogP) is 3.64. The average Bonchev–Trinajstić information content (AvgIpc) is 3.23.